The van der Waals surface area contributed by atoms with Crippen molar-refractivity contribution in [2.75, 3.05) is 18.4 Å². The van der Waals surface area contributed by atoms with Crippen LogP contribution in [-0.4, -0.2) is 24.0 Å². The van der Waals surface area contributed by atoms with Crippen LogP contribution in [0.15, 0.2) is 18.3 Å². The second-order valence-electron chi connectivity index (χ2n) is 5.93. The molecule has 19 heavy (non-hydrogen) atoms. The monoisotopic (exact) mass is 261 g/mol. The van der Waals surface area contributed by atoms with Crippen molar-refractivity contribution in [3.63, 3.8) is 0 Å². The summed E-state index contributed by atoms with van der Waals surface area (Å²) in [6.45, 7) is 8.15. The Balaban J connectivity index is 1.94. The van der Waals surface area contributed by atoms with Gasteiger partial charge >= 0.3 is 0 Å². The molecule has 1 amide bonds. The van der Waals surface area contributed by atoms with Crippen LogP contribution < -0.4 is 10.6 Å². The highest BCUT2D eigenvalue weighted by atomic mass is 16.1. The lowest BCUT2D eigenvalue weighted by molar-refractivity contribution is 0.0951. The first-order valence-corrected chi connectivity index (χ1v) is 7.01. The zero-order valence-corrected chi connectivity index (χ0v) is 12.0. The molecular formula is C15H23N3O. The van der Waals surface area contributed by atoms with Gasteiger partial charge in [-0.05, 0) is 36.3 Å². The maximum atomic E-state index is 12.2. The molecule has 0 bridgehead atoms. The zero-order valence-electron chi connectivity index (χ0n) is 12.0. The van der Waals surface area contributed by atoms with Crippen molar-refractivity contribution < 1.29 is 4.79 Å². The van der Waals surface area contributed by atoms with E-state index in [-0.39, 0.29) is 5.91 Å². The van der Waals surface area contributed by atoms with Crippen LogP contribution in [0.5, 0.6) is 0 Å². The Kier molecular flexibility index (Phi) is 4.08. The number of carbonyl (C=O) groups is 1. The summed E-state index contributed by atoms with van der Waals surface area (Å²) in [6.07, 6.45) is 3.91. The summed E-state index contributed by atoms with van der Waals surface area (Å²) in [4.78, 5) is 16.4. The van der Waals surface area contributed by atoms with Gasteiger partial charge in [-0.1, -0.05) is 20.8 Å². The van der Waals surface area contributed by atoms with Crippen LogP contribution >= 0.6 is 0 Å². The quantitative estimate of drug-likeness (QED) is 0.827. The van der Waals surface area contributed by atoms with Gasteiger partial charge in [0.25, 0.3) is 5.91 Å². The zero-order chi connectivity index (χ0) is 13.9. The lowest BCUT2D eigenvalue weighted by Gasteiger charge is -2.11. The van der Waals surface area contributed by atoms with Crippen LogP contribution in [0.1, 0.15) is 44.0 Å². The molecule has 1 atom stereocenters. The molecule has 2 rings (SSSR count). The van der Waals surface area contributed by atoms with E-state index in [9.17, 15) is 4.79 Å². The van der Waals surface area contributed by atoms with Gasteiger partial charge in [-0.2, -0.15) is 0 Å². The van der Waals surface area contributed by atoms with Gasteiger partial charge in [0.05, 0.1) is 5.56 Å². The average Bonchev–Trinajstić information content (AvgIpc) is 3.01. The predicted octanol–water partition coefficient (Wildman–Crippen LogP) is 2.68. The molecule has 0 saturated heterocycles. The van der Waals surface area contributed by atoms with Crippen molar-refractivity contribution in [1.29, 1.82) is 0 Å². The molecule has 4 heteroatoms. The summed E-state index contributed by atoms with van der Waals surface area (Å²) in [5.41, 5.74) is 1.03. The number of nitrogens with zero attached hydrogens (tertiary/aromatic N) is 1. The molecule has 0 aromatic carbocycles. The number of hydrogen-bond acceptors (Lipinski definition) is 3. The van der Waals surface area contributed by atoms with Crippen molar-refractivity contribution in [2.24, 2.45) is 11.3 Å². The third-order valence-corrected chi connectivity index (χ3v) is 3.82. The Labute approximate surface area is 115 Å². The summed E-state index contributed by atoms with van der Waals surface area (Å²) in [5, 5.41) is 6.21. The Morgan fingerprint density at radius 3 is 2.89 bits per heavy atom. The molecule has 2 N–H and O–H groups in total. The Morgan fingerprint density at radius 2 is 2.26 bits per heavy atom. The van der Waals surface area contributed by atoms with Crippen LogP contribution in [0.2, 0.25) is 0 Å². The molecule has 1 saturated carbocycles. The highest BCUT2D eigenvalue weighted by Crippen LogP contribution is 2.50. The van der Waals surface area contributed by atoms with E-state index in [1.807, 2.05) is 6.07 Å². The minimum absolute atomic E-state index is 0.0330. The number of amides is 1. The molecule has 4 nitrogen and oxygen atoms in total. The van der Waals surface area contributed by atoms with Gasteiger partial charge < -0.3 is 10.6 Å². The van der Waals surface area contributed by atoms with Gasteiger partial charge in [-0.15, -0.1) is 0 Å². The van der Waals surface area contributed by atoms with Gasteiger partial charge in [0.1, 0.15) is 5.82 Å². The minimum Gasteiger partial charge on any atom is -0.369 e. The van der Waals surface area contributed by atoms with Gasteiger partial charge in [0.2, 0.25) is 0 Å². The number of aromatic nitrogens is 1. The standard InChI is InChI=1S/C15H23N3O/c1-4-7-16-13-12(6-5-8-17-13)14(19)18-10-11-9-15(11,2)3/h5-6,8,11H,4,7,9-10H2,1-3H3,(H,16,17)(H,18,19). The summed E-state index contributed by atoms with van der Waals surface area (Å²) in [5.74, 6) is 1.26. The van der Waals surface area contributed by atoms with E-state index in [2.05, 4.69) is 36.4 Å². The van der Waals surface area contributed by atoms with E-state index >= 15 is 0 Å². The fourth-order valence-corrected chi connectivity index (χ4v) is 2.21. The van der Waals surface area contributed by atoms with E-state index in [0.717, 1.165) is 19.5 Å². The lowest BCUT2D eigenvalue weighted by Crippen LogP contribution is -2.27. The maximum absolute atomic E-state index is 12.2. The Morgan fingerprint density at radius 1 is 1.53 bits per heavy atom. The average molecular weight is 261 g/mol. The summed E-state index contributed by atoms with van der Waals surface area (Å²) in [7, 11) is 0. The molecular weight excluding hydrogens is 238 g/mol. The van der Waals surface area contributed by atoms with Crippen molar-refractivity contribution in [3.8, 4) is 0 Å². The van der Waals surface area contributed by atoms with Gasteiger partial charge in [-0.25, -0.2) is 4.98 Å². The first-order valence-electron chi connectivity index (χ1n) is 7.01. The van der Waals surface area contributed by atoms with E-state index < -0.39 is 0 Å². The Hall–Kier alpha value is -1.58. The molecule has 104 valence electrons. The third-order valence-electron chi connectivity index (χ3n) is 3.82. The van der Waals surface area contributed by atoms with Crippen LogP contribution in [-0.2, 0) is 0 Å². The first-order chi connectivity index (χ1) is 9.04. The molecule has 1 fully saturated rings. The summed E-state index contributed by atoms with van der Waals surface area (Å²) >= 11 is 0. The van der Waals surface area contributed by atoms with Gasteiger partial charge in [0, 0.05) is 19.3 Å². The topological polar surface area (TPSA) is 54.0 Å². The molecule has 1 aromatic rings. The number of anilines is 1. The second kappa shape index (κ2) is 5.59. The fraction of sp³-hybridized carbons (Fsp3) is 0.600. The van der Waals surface area contributed by atoms with E-state index in [1.165, 1.54) is 6.42 Å². The molecule has 0 radical (unpaired) electrons. The van der Waals surface area contributed by atoms with Gasteiger partial charge in [-0.3, -0.25) is 4.79 Å². The maximum Gasteiger partial charge on any atom is 0.255 e. The van der Waals surface area contributed by atoms with Crippen molar-refractivity contribution in [1.82, 2.24) is 10.3 Å². The van der Waals surface area contributed by atoms with Crippen LogP contribution in [0.25, 0.3) is 0 Å². The number of pyridine rings is 1. The van der Waals surface area contributed by atoms with Crippen LogP contribution in [0.3, 0.4) is 0 Å². The predicted molar refractivity (Wildman–Crippen MR) is 77.2 cm³/mol. The summed E-state index contributed by atoms with van der Waals surface area (Å²) < 4.78 is 0. The number of carbonyl (C=O) groups excluding carboxylic acids is 1. The van der Waals surface area contributed by atoms with Gasteiger partial charge in [0.15, 0.2) is 0 Å². The van der Waals surface area contributed by atoms with E-state index in [4.69, 9.17) is 0 Å². The van der Waals surface area contributed by atoms with Crippen molar-refractivity contribution in [3.05, 3.63) is 23.9 Å². The van der Waals surface area contributed by atoms with Crippen molar-refractivity contribution >= 4 is 11.7 Å². The highest BCUT2D eigenvalue weighted by molar-refractivity contribution is 5.98. The van der Waals surface area contributed by atoms with E-state index in [1.54, 1.807) is 12.3 Å². The highest BCUT2D eigenvalue weighted by Gasteiger charge is 2.45. The largest absolute Gasteiger partial charge is 0.369 e. The second-order valence-corrected chi connectivity index (χ2v) is 5.93. The minimum atomic E-state index is -0.0330. The molecule has 1 heterocycles. The number of rotatable bonds is 6. The number of nitrogens with one attached hydrogen (secondary N) is 2. The third kappa shape index (κ3) is 3.46. The normalized spacial score (nSPS) is 19.8. The molecule has 1 unspecified atom stereocenters. The van der Waals surface area contributed by atoms with Crippen molar-refractivity contribution in [2.45, 2.75) is 33.6 Å². The Bertz CT molecular complexity index is 456. The van der Waals surface area contributed by atoms with Crippen LogP contribution in [0.4, 0.5) is 5.82 Å². The lowest BCUT2D eigenvalue weighted by atomic mass is 10.1. The first kappa shape index (κ1) is 13.8. The number of hydrogen-bond donors (Lipinski definition) is 2. The summed E-state index contributed by atoms with van der Waals surface area (Å²) in [6, 6.07) is 3.62. The molecule has 0 aliphatic heterocycles. The van der Waals surface area contributed by atoms with Crippen LogP contribution in [0, 0.1) is 11.3 Å². The van der Waals surface area contributed by atoms with E-state index in [0.29, 0.717) is 22.7 Å². The molecule has 1 aliphatic rings. The smallest absolute Gasteiger partial charge is 0.255 e. The molecule has 1 aromatic heterocycles. The molecule has 1 aliphatic carbocycles. The molecule has 0 spiro atoms. The fourth-order valence-electron chi connectivity index (χ4n) is 2.21. The SMILES string of the molecule is CCCNc1ncccc1C(=O)NCC1CC1(C)C.